The molecule has 0 radical (unpaired) electrons. The molecule has 0 fully saturated rings. The molecule has 0 aliphatic rings. The molecule has 6 rings (SSSR count). The quantitative estimate of drug-likeness (QED) is 0.0722. The summed E-state index contributed by atoms with van der Waals surface area (Å²) in [5.41, 5.74) is -1.93. The number of halogens is 2. The number of aromatic hydroxyl groups is 4. The summed E-state index contributed by atoms with van der Waals surface area (Å²) >= 11 is 6.13. The minimum atomic E-state index is -4.88. The van der Waals surface area contributed by atoms with Crippen LogP contribution in [0.3, 0.4) is 0 Å². The first-order valence-corrected chi connectivity index (χ1v) is 19.4. The first-order chi connectivity index (χ1) is 26.2. The van der Waals surface area contributed by atoms with Gasteiger partial charge in [0.05, 0.1) is 49.4 Å². The van der Waals surface area contributed by atoms with Crippen LogP contribution in [-0.4, -0.2) is 85.8 Å². The molecule has 65 heavy (non-hydrogen) atoms. The van der Waals surface area contributed by atoms with Crippen molar-refractivity contribution in [2.45, 2.75) is 9.79 Å². The Morgan fingerprint density at radius 3 is 1.08 bits per heavy atom. The Morgan fingerprint density at radius 2 is 0.831 bits per heavy atom. The molecule has 4 aromatic carbocycles. The van der Waals surface area contributed by atoms with Crippen LogP contribution in [0, 0.1) is 0 Å². The van der Waals surface area contributed by atoms with Crippen molar-refractivity contribution in [2.75, 3.05) is 28.4 Å². The number of phenols is 4. The van der Waals surface area contributed by atoms with Crippen molar-refractivity contribution in [1.29, 1.82) is 0 Å². The number of methoxy groups -OCH3 is 4. The molecule has 31 heteroatoms. The molecule has 26 N–H and O–H groups in total. The largest absolute Gasteiger partial charge is 2.00 e. The van der Waals surface area contributed by atoms with Crippen molar-refractivity contribution in [3.63, 3.8) is 0 Å². The van der Waals surface area contributed by atoms with Crippen LogP contribution in [-0.2, 0) is 70.2 Å². The van der Waals surface area contributed by atoms with Gasteiger partial charge in [0.15, 0.2) is 34.2 Å². The number of rotatable bonds is 8. The van der Waals surface area contributed by atoms with Gasteiger partial charge in [0.1, 0.15) is 64.0 Å². The maximum atomic E-state index is 13.0. The zero-order chi connectivity index (χ0) is 41.6. The predicted molar refractivity (Wildman–Crippen MR) is 236 cm³/mol. The standard InChI is InChI=1S/2C17H13BrO9S.Fe.8H2O/c2*1-25-9-4-3-7(5-10(9)28(22,23)24)8-6-27-16-11(13(8)19)14(20)17(26-2)15(21)12(16)18;;;;;;;;;/h2*3-6,20-21H,1-2H3,(H,22,23,24);;8*1H2/q;;+2;;;;;;;;/p+4. The molecule has 366 valence electrons. The monoisotopic (exact) mass is 1150 g/mol. The Balaban J connectivity index is -0.000000324. The van der Waals surface area contributed by atoms with Gasteiger partial charge in [-0.3, -0.25) is 9.59 Å². The number of hydrogen-bond donors (Lipinski definition) is 4. The van der Waals surface area contributed by atoms with Crippen molar-refractivity contribution >= 4 is 74.0 Å². The minimum absolute atomic E-state index is 0. The summed E-state index contributed by atoms with van der Waals surface area (Å²) in [6.45, 7) is 0. The smallest absolute Gasteiger partial charge is 0.744 e. The van der Waals surface area contributed by atoms with Gasteiger partial charge in [0.25, 0.3) is 0 Å². The van der Waals surface area contributed by atoms with Crippen molar-refractivity contribution in [3.8, 4) is 68.2 Å². The zero-order valence-electron chi connectivity index (χ0n) is 33.5. The summed E-state index contributed by atoms with van der Waals surface area (Å²) in [5, 5.41) is 40.1. The average molecular weight is 1150 g/mol. The van der Waals surface area contributed by atoms with E-state index in [0.717, 1.165) is 24.7 Å². The van der Waals surface area contributed by atoms with Crippen molar-refractivity contribution in [1.82, 2.24) is 0 Å². The van der Waals surface area contributed by atoms with E-state index in [4.69, 9.17) is 27.8 Å². The SMILES string of the molecule is COc1ccc(-c2coc3c(Br)c(O)c(OC)c(O)c3c2=O)cc1S(=O)(=O)[O-].COc1ccc(-c2coc3c(Br)c(O)c(OC)c(O)c3c2=O)cc1S(=O)(=O)[O-].O.O.[Fe+2].[OH3+].[OH3+].[OH3+].[OH3+].[OH3+].[OH3+]. The Bertz CT molecular complexity index is 2740. The number of hydrogen-bond acceptors (Lipinski definition) is 18. The van der Waals surface area contributed by atoms with Gasteiger partial charge in [-0.15, -0.1) is 0 Å². The first-order valence-electron chi connectivity index (χ1n) is 15.0. The first kappa shape index (κ1) is 68.7. The van der Waals surface area contributed by atoms with Gasteiger partial charge in [0.2, 0.25) is 22.4 Å². The molecule has 2 heterocycles. The second kappa shape index (κ2) is 26.0. The van der Waals surface area contributed by atoms with Gasteiger partial charge in [-0.25, -0.2) is 16.8 Å². The molecular weight excluding hydrogens is 1100 g/mol. The topological polar surface area (TPSA) is 554 Å². The maximum Gasteiger partial charge on any atom is 2.00 e. The Morgan fingerprint density at radius 1 is 0.538 bits per heavy atom. The normalized spacial score (nSPS) is 9.97. The van der Waals surface area contributed by atoms with Gasteiger partial charge >= 0.3 is 17.1 Å². The molecule has 0 atom stereocenters. The van der Waals surface area contributed by atoms with Gasteiger partial charge in [-0.1, -0.05) is 12.1 Å². The summed E-state index contributed by atoms with van der Waals surface area (Å²) in [6, 6.07) is 7.10. The van der Waals surface area contributed by atoms with Gasteiger partial charge in [-0.05, 0) is 67.3 Å². The number of benzene rings is 4. The second-order valence-corrected chi connectivity index (χ2v) is 15.4. The predicted octanol–water partition coefficient (Wildman–Crippen LogP) is -2.07. The fourth-order valence-electron chi connectivity index (χ4n) is 5.42. The fraction of sp³-hybridized carbons (Fsp3) is 0.118. The van der Waals surface area contributed by atoms with Crippen molar-refractivity contribution < 1.29 is 135 Å². The van der Waals surface area contributed by atoms with E-state index in [1.807, 2.05) is 0 Å². The molecule has 0 aliphatic carbocycles. The summed E-state index contributed by atoms with van der Waals surface area (Å²) in [4.78, 5) is 24.6. The van der Waals surface area contributed by atoms with Crippen LogP contribution in [0.1, 0.15) is 0 Å². The molecular formula is C34H46Br2FeO26S2+6. The number of ether oxygens (including phenoxy) is 4. The van der Waals surface area contributed by atoms with E-state index in [9.17, 15) is 56.0 Å². The minimum Gasteiger partial charge on any atom is -0.744 e. The van der Waals surface area contributed by atoms with E-state index < -0.39 is 63.9 Å². The summed E-state index contributed by atoms with van der Waals surface area (Å²) in [5.74, 6) is -3.29. The molecule has 0 unspecified atom stereocenters. The third-order valence-corrected chi connectivity index (χ3v) is 11.2. The Hall–Kier alpha value is -5.32. The van der Waals surface area contributed by atoms with Crippen LogP contribution in [0.5, 0.6) is 46.0 Å². The van der Waals surface area contributed by atoms with E-state index >= 15 is 0 Å². The van der Waals surface area contributed by atoms with Crippen LogP contribution in [0.25, 0.3) is 44.2 Å². The third-order valence-electron chi connectivity index (χ3n) is 8.03. The Labute approximate surface area is 391 Å². The number of phenolic OH excluding ortho intramolecular Hbond substituents is 4. The van der Waals surface area contributed by atoms with E-state index in [2.05, 4.69) is 31.9 Å². The molecule has 0 spiro atoms. The van der Waals surface area contributed by atoms with Gasteiger partial charge in [-0.2, -0.15) is 0 Å². The maximum absolute atomic E-state index is 13.0. The molecule has 0 saturated carbocycles. The van der Waals surface area contributed by atoms with Gasteiger partial charge < -0.3 is 101 Å². The number of fused-ring (bicyclic) bond motifs is 2. The van der Waals surface area contributed by atoms with Crippen molar-refractivity contribution in [3.05, 3.63) is 78.3 Å². The third kappa shape index (κ3) is 12.5. The van der Waals surface area contributed by atoms with Crippen LogP contribution in [0.4, 0.5) is 0 Å². The second-order valence-electron chi connectivity index (χ2n) is 11.1. The average Bonchev–Trinajstić information content (AvgIpc) is 3.15. The van der Waals surface area contributed by atoms with Crippen LogP contribution in [0.15, 0.2) is 86.1 Å². The molecule has 2 aromatic heterocycles. The summed E-state index contributed by atoms with van der Waals surface area (Å²) in [6.07, 6.45) is 2.04. The molecule has 0 saturated heterocycles. The van der Waals surface area contributed by atoms with Gasteiger partial charge in [0, 0.05) is 0 Å². The summed E-state index contributed by atoms with van der Waals surface area (Å²) < 4.78 is 99.2. The van der Waals surface area contributed by atoms with Crippen LogP contribution < -0.4 is 29.8 Å². The Kier molecular flexibility index (Phi) is 27.5. The van der Waals surface area contributed by atoms with E-state index in [1.54, 1.807) is 0 Å². The van der Waals surface area contributed by atoms with E-state index in [-0.39, 0.29) is 137 Å². The molecule has 6 aromatic rings. The molecule has 26 nitrogen and oxygen atoms in total. The van der Waals surface area contributed by atoms with E-state index in [0.29, 0.717) is 0 Å². The van der Waals surface area contributed by atoms with Crippen molar-refractivity contribution in [2.24, 2.45) is 0 Å². The fourth-order valence-corrected chi connectivity index (χ4v) is 7.70. The molecule has 0 bridgehead atoms. The summed E-state index contributed by atoms with van der Waals surface area (Å²) in [7, 11) is -4.99. The van der Waals surface area contributed by atoms with Crippen LogP contribution in [0.2, 0.25) is 0 Å². The zero-order valence-corrected chi connectivity index (χ0v) is 39.4. The molecule has 0 amide bonds. The van der Waals surface area contributed by atoms with Crippen LogP contribution >= 0.6 is 31.9 Å². The molecule has 0 aliphatic heterocycles. The van der Waals surface area contributed by atoms with E-state index in [1.165, 1.54) is 52.7 Å².